The van der Waals surface area contributed by atoms with Crippen molar-refractivity contribution in [1.82, 2.24) is 9.97 Å². The summed E-state index contributed by atoms with van der Waals surface area (Å²) in [5.74, 6) is 0.340. The number of nitrogens with one attached hydrogen (secondary N) is 1. The molecule has 3 N–H and O–H groups in total. The van der Waals surface area contributed by atoms with Gasteiger partial charge < -0.3 is 10.7 Å². The van der Waals surface area contributed by atoms with Crippen LogP contribution >= 0.6 is 11.6 Å². The predicted molar refractivity (Wildman–Crippen MR) is 91.5 cm³/mol. The van der Waals surface area contributed by atoms with Crippen molar-refractivity contribution in [2.45, 2.75) is 24.8 Å². The van der Waals surface area contributed by atoms with Crippen molar-refractivity contribution in [3.05, 3.63) is 52.0 Å². The van der Waals surface area contributed by atoms with Crippen molar-refractivity contribution in [2.24, 2.45) is 0 Å². The summed E-state index contributed by atoms with van der Waals surface area (Å²) in [6.45, 7) is 4.01. The summed E-state index contributed by atoms with van der Waals surface area (Å²) in [6, 6.07) is 9.17. The molecule has 6 heteroatoms. The van der Waals surface area contributed by atoms with E-state index in [1.165, 1.54) is 0 Å². The van der Waals surface area contributed by atoms with E-state index in [2.05, 4.69) is 9.97 Å². The Balaban J connectivity index is 1.95. The maximum atomic E-state index is 12.6. The number of nitrogen functional groups attached to an aromatic ring is 1. The van der Waals surface area contributed by atoms with E-state index in [9.17, 15) is 4.21 Å². The number of hydrogen-bond acceptors (Lipinski definition) is 3. The van der Waals surface area contributed by atoms with E-state index in [1.807, 2.05) is 26.0 Å². The molecule has 0 aliphatic rings. The van der Waals surface area contributed by atoms with Crippen LogP contribution in [0, 0.1) is 13.8 Å². The second-order valence-electron chi connectivity index (χ2n) is 5.27. The third-order valence-electron chi connectivity index (χ3n) is 3.82. The highest BCUT2D eigenvalue weighted by atomic mass is 35.5. The van der Waals surface area contributed by atoms with Gasteiger partial charge in [0.15, 0.2) is 5.16 Å². The van der Waals surface area contributed by atoms with Crippen LogP contribution in [0.5, 0.6) is 0 Å². The van der Waals surface area contributed by atoms with Crippen LogP contribution in [0.3, 0.4) is 0 Å². The number of H-pyrrole nitrogens is 1. The van der Waals surface area contributed by atoms with Gasteiger partial charge in [0.05, 0.1) is 27.6 Å². The Morgan fingerprint density at radius 2 is 2.05 bits per heavy atom. The first-order valence-electron chi connectivity index (χ1n) is 6.84. The Bertz CT molecular complexity index is 888. The number of nitrogens with two attached hydrogens (primary N) is 1. The molecule has 114 valence electrons. The second-order valence-corrected chi connectivity index (χ2v) is 7.07. The predicted octanol–water partition coefficient (Wildman–Crippen LogP) is 3.72. The molecule has 3 aromatic rings. The maximum Gasteiger partial charge on any atom is 0.197 e. The number of imidazole rings is 1. The van der Waals surface area contributed by atoms with E-state index in [1.54, 1.807) is 18.2 Å². The largest absolute Gasteiger partial charge is 0.398 e. The van der Waals surface area contributed by atoms with Crippen molar-refractivity contribution in [3.8, 4) is 0 Å². The fraction of sp³-hybridized carbons (Fsp3) is 0.188. The molecular formula is C16H16ClN3OS. The summed E-state index contributed by atoms with van der Waals surface area (Å²) < 4.78 is 12.6. The van der Waals surface area contributed by atoms with Gasteiger partial charge in [-0.15, -0.1) is 0 Å². The van der Waals surface area contributed by atoms with Gasteiger partial charge in [0, 0.05) is 10.7 Å². The van der Waals surface area contributed by atoms with E-state index in [0.29, 0.717) is 21.6 Å². The standard InChI is InChI=1S/C16H16ClN3OS/c1-9-3-5-13(18)12(10(9)2)8-22(21)16-19-14-6-4-11(17)7-15(14)20-16/h3-7H,8,18H2,1-2H3,(H,19,20). The zero-order valence-electron chi connectivity index (χ0n) is 12.3. The number of aromatic nitrogens is 2. The molecule has 2 aromatic carbocycles. The van der Waals surface area contributed by atoms with E-state index in [0.717, 1.165) is 27.7 Å². The minimum Gasteiger partial charge on any atom is -0.398 e. The molecule has 0 radical (unpaired) electrons. The number of aromatic amines is 1. The van der Waals surface area contributed by atoms with Crippen LogP contribution < -0.4 is 5.73 Å². The van der Waals surface area contributed by atoms with Gasteiger partial charge in [0.25, 0.3) is 0 Å². The number of aryl methyl sites for hydroxylation is 1. The van der Waals surface area contributed by atoms with Crippen molar-refractivity contribution in [3.63, 3.8) is 0 Å². The molecule has 0 fully saturated rings. The first-order chi connectivity index (χ1) is 10.5. The first kappa shape index (κ1) is 15.1. The van der Waals surface area contributed by atoms with Gasteiger partial charge in [-0.3, -0.25) is 4.21 Å². The van der Waals surface area contributed by atoms with Gasteiger partial charge in [-0.2, -0.15) is 0 Å². The number of nitrogens with zero attached hydrogens (tertiary/aromatic N) is 1. The Kier molecular flexibility index (Phi) is 3.93. The topological polar surface area (TPSA) is 71.8 Å². The SMILES string of the molecule is Cc1ccc(N)c(CS(=O)c2nc3ccc(Cl)cc3[nH]2)c1C. The molecule has 22 heavy (non-hydrogen) atoms. The number of hydrogen-bond donors (Lipinski definition) is 2. The van der Waals surface area contributed by atoms with E-state index < -0.39 is 10.8 Å². The maximum absolute atomic E-state index is 12.6. The Morgan fingerprint density at radius 3 is 2.82 bits per heavy atom. The molecule has 1 heterocycles. The van der Waals surface area contributed by atoms with Crippen molar-refractivity contribution in [1.29, 1.82) is 0 Å². The summed E-state index contributed by atoms with van der Waals surface area (Å²) >= 11 is 5.96. The molecule has 0 spiro atoms. The Hall–Kier alpha value is -1.85. The molecule has 0 saturated carbocycles. The highest BCUT2D eigenvalue weighted by molar-refractivity contribution is 7.84. The summed E-state index contributed by atoms with van der Waals surface area (Å²) in [6.07, 6.45) is 0. The minimum absolute atomic E-state index is 0.340. The Labute approximate surface area is 136 Å². The average Bonchev–Trinajstić information content (AvgIpc) is 2.90. The first-order valence-corrected chi connectivity index (χ1v) is 8.53. The molecule has 3 rings (SSSR count). The molecule has 1 atom stereocenters. The third-order valence-corrected chi connectivity index (χ3v) is 5.23. The van der Waals surface area contributed by atoms with Gasteiger partial charge in [-0.05, 0) is 54.8 Å². The van der Waals surface area contributed by atoms with Gasteiger partial charge in [0.2, 0.25) is 0 Å². The number of halogens is 1. The number of rotatable bonds is 3. The zero-order valence-corrected chi connectivity index (χ0v) is 13.9. The van der Waals surface area contributed by atoms with Crippen LogP contribution in [0.2, 0.25) is 5.02 Å². The summed E-state index contributed by atoms with van der Waals surface area (Å²) in [4.78, 5) is 7.45. The second kappa shape index (κ2) is 5.74. The molecule has 1 aromatic heterocycles. The monoisotopic (exact) mass is 333 g/mol. The minimum atomic E-state index is -1.29. The summed E-state index contributed by atoms with van der Waals surface area (Å²) in [7, 11) is -1.29. The number of fused-ring (bicyclic) bond motifs is 1. The lowest BCUT2D eigenvalue weighted by molar-refractivity contribution is 0.677. The highest BCUT2D eigenvalue weighted by Gasteiger charge is 2.15. The lowest BCUT2D eigenvalue weighted by Gasteiger charge is -2.10. The van der Waals surface area contributed by atoms with Crippen LogP contribution in [-0.2, 0) is 16.6 Å². The number of anilines is 1. The smallest absolute Gasteiger partial charge is 0.197 e. The van der Waals surface area contributed by atoms with Gasteiger partial charge in [-0.25, -0.2) is 4.98 Å². The fourth-order valence-electron chi connectivity index (χ4n) is 2.35. The lowest BCUT2D eigenvalue weighted by Crippen LogP contribution is -2.05. The fourth-order valence-corrected chi connectivity index (χ4v) is 3.73. The Morgan fingerprint density at radius 1 is 1.27 bits per heavy atom. The van der Waals surface area contributed by atoms with Gasteiger partial charge in [0.1, 0.15) is 0 Å². The lowest BCUT2D eigenvalue weighted by atomic mass is 10.0. The van der Waals surface area contributed by atoms with E-state index in [-0.39, 0.29) is 0 Å². The zero-order chi connectivity index (χ0) is 15.9. The summed E-state index contributed by atoms with van der Waals surface area (Å²) in [5.41, 5.74) is 11.4. The van der Waals surface area contributed by atoms with Crippen LogP contribution in [0.1, 0.15) is 16.7 Å². The van der Waals surface area contributed by atoms with Crippen molar-refractivity contribution >= 4 is 39.1 Å². The summed E-state index contributed by atoms with van der Waals surface area (Å²) in [5, 5.41) is 1.06. The van der Waals surface area contributed by atoms with Crippen LogP contribution in [0.25, 0.3) is 11.0 Å². The van der Waals surface area contributed by atoms with Crippen LogP contribution in [0.4, 0.5) is 5.69 Å². The highest BCUT2D eigenvalue weighted by Crippen LogP contribution is 2.24. The van der Waals surface area contributed by atoms with E-state index >= 15 is 0 Å². The number of benzene rings is 2. The average molecular weight is 334 g/mol. The van der Waals surface area contributed by atoms with Crippen LogP contribution in [0.15, 0.2) is 35.5 Å². The third kappa shape index (κ3) is 2.74. The van der Waals surface area contributed by atoms with Gasteiger partial charge in [-0.1, -0.05) is 17.7 Å². The normalized spacial score (nSPS) is 12.7. The van der Waals surface area contributed by atoms with Gasteiger partial charge >= 0.3 is 0 Å². The quantitative estimate of drug-likeness (QED) is 0.717. The molecule has 0 amide bonds. The molecule has 0 saturated heterocycles. The van der Waals surface area contributed by atoms with Crippen LogP contribution in [-0.4, -0.2) is 14.2 Å². The van der Waals surface area contributed by atoms with E-state index in [4.69, 9.17) is 17.3 Å². The molecule has 0 aliphatic carbocycles. The van der Waals surface area contributed by atoms with Crippen molar-refractivity contribution in [2.75, 3.05) is 5.73 Å². The molecule has 0 bridgehead atoms. The molecular weight excluding hydrogens is 318 g/mol. The molecule has 4 nitrogen and oxygen atoms in total. The van der Waals surface area contributed by atoms with Crippen molar-refractivity contribution < 1.29 is 4.21 Å². The molecule has 1 unspecified atom stereocenters. The molecule has 0 aliphatic heterocycles.